The van der Waals surface area contributed by atoms with Gasteiger partial charge in [-0.1, -0.05) is 0 Å². The number of anilines is 1. The molecule has 1 amide bonds. The number of fused-ring (bicyclic) bond motifs is 6. The van der Waals surface area contributed by atoms with E-state index < -0.39 is 31.3 Å². The number of carbonyl (C=O) groups excluding carboxylic acids is 1. The number of nitrogens with zero attached hydrogens (tertiary/aromatic N) is 6. The molecule has 1 aromatic carbocycles. The van der Waals surface area contributed by atoms with Gasteiger partial charge in [0.15, 0.2) is 0 Å². The summed E-state index contributed by atoms with van der Waals surface area (Å²) in [6.07, 6.45) is 5.70. The maximum atomic E-state index is 13.0. The molecule has 6 aliphatic rings. The zero-order valence-corrected chi connectivity index (χ0v) is 26.3. The van der Waals surface area contributed by atoms with Crippen molar-refractivity contribution < 1.29 is 39.4 Å². The van der Waals surface area contributed by atoms with E-state index in [0.29, 0.717) is 37.8 Å². The maximum absolute atomic E-state index is 13.0. The second kappa shape index (κ2) is 10.8. The molecule has 0 spiro atoms. The van der Waals surface area contributed by atoms with E-state index >= 15 is 0 Å². The van der Waals surface area contributed by atoms with Crippen molar-refractivity contribution >= 4 is 21.6 Å². The van der Waals surface area contributed by atoms with Gasteiger partial charge in [0.05, 0.1) is 0 Å². The Bertz CT molecular complexity index is 1490. The van der Waals surface area contributed by atoms with E-state index in [4.69, 9.17) is 14.7 Å². The van der Waals surface area contributed by atoms with Crippen LogP contribution in [-0.2, 0) is 34.1 Å². The van der Waals surface area contributed by atoms with Crippen molar-refractivity contribution in [2.24, 2.45) is 0 Å². The Hall–Kier alpha value is -2.29. The van der Waals surface area contributed by atoms with Gasteiger partial charge in [0, 0.05) is 0 Å². The first kappa shape index (κ1) is 27.5. The van der Waals surface area contributed by atoms with E-state index in [2.05, 4.69) is 50.8 Å². The SMILES string of the molecule is C=CC(=O)N1CC2CS(=O)(=O)CC1[I-]N2c1nc(OC[C@@H]2CCCN2C)nc2c1CN(C1CCc3ccccc31)C2. The van der Waals surface area contributed by atoms with Gasteiger partial charge in [-0.2, -0.15) is 0 Å². The number of carbonyl (C=O) groups is 1. The standard InChI is InChI=1S/C29H36IN6O4S/c1-3-27(37)35-13-21-17-41(38,39)18-26(35)30-36(21)28-23-14-34(25-11-10-19-7-4-5-9-22(19)25)15-24(23)31-29(32-28)40-16-20-8-6-12-33(20)2/h3-5,7,9,20-21,25-26H,1,6,8,10-18H2,2H3/q-1/t20-,21?,25?,26?/m0/s1. The minimum absolute atomic E-state index is 0.00247. The Morgan fingerprint density at radius 1 is 1.20 bits per heavy atom. The van der Waals surface area contributed by atoms with Crippen LogP contribution in [-0.4, -0.2) is 93.4 Å². The number of amides is 1. The molecule has 6 heterocycles. The summed E-state index contributed by atoms with van der Waals surface area (Å²) in [5.74, 6) is 0.637. The molecule has 4 saturated heterocycles. The molecule has 10 nitrogen and oxygen atoms in total. The molecule has 41 heavy (non-hydrogen) atoms. The number of alkyl halides is 1. The third-order valence-electron chi connectivity index (χ3n) is 9.16. The van der Waals surface area contributed by atoms with Crippen LogP contribution in [0.3, 0.4) is 0 Å². The molecule has 4 atom stereocenters. The van der Waals surface area contributed by atoms with Gasteiger partial charge in [-0.25, -0.2) is 0 Å². The van der Waals surface area contributed by atoms with E-state index in [-0.39, 0.29) is 27.5 Å². The fourth-order valence-electron chi connectivity index (χ4n) is 7.01. The Balaban J connectivity index is 1.23. The molecule has 1 aliphatic carbocycles. The number of rotatable bonds is 6. The van der Waals surface area contributed by atoms with Gasteiger partial charge in [0.2, 0.25) is 0 Å². The molecule has 5 aliphatic heterocycles. The second-order valence-corrected chi connectivity index (χ2v) is 17.0. The van der Waals surface area contributed by atoms with E-state index in [0.717, 1.165) is 55.8 Å². The van der Waals surface area contributed by atoms with Crippen LogP contribution in [0.15, 0.2) is 36.9 Å². The normalized spacial score (nSPS) is 29.1. The van der Waals surface area contributed by atoms with Crippen LogP contribution in [0.1, 0.15) is 47.7 Å². The quantitative estimate of drug-likeness (QED) is 0.123. The van der Waals surface area contributed by atoms with Crippen LogP contribution in [0.2, 0.25) is 0 Å². The van der Waals surface area contributed by atoms with Gasteiger partial charge in [-0.15, -0.1) is 0 Å². The number of hydrogen-bond acceptors (Lipinski definition) is 9. The second-order valence-electron chi connectivity index (χ2n) is 11.8. The van der Waals surface area contributed by atoms with Gasteiger partial charge in [-0.05, 0) is 0 Å². The van der Waals surface area contributed by atoms with Crippen molar-refractivity contribution in [3.8, 4) is 6.01 Å². The molecule has 220 valence electrons. The van der Waals surface area contributed by atoms with Gasteiger partial charge in [0.25, 0.3) is 0 Å². The van der Waals surface area contributed by atoms with Gasteiger partial charge in [0.1, 0.15) is 0 Å². The van der Waals surface area contributed by atoms with E-state index in [1.165, 1.54) is 17.2 Å². The van der Waals surface area contributed by atoms with Crippen LogP contribution < -0.4 is 29.3 Å². The Morgan fingerprint density at radius 3 is 2.85 bits per heavy atom. The fraction of sp³-hybridized carbons (Fsp3) is 0.552. The molecular weight excluding hydrogens is 655 g/mol. The summed E-state index contributed by atoms with van der Waals surface area (Å²) in [6.45, 7) is 7.04. The van der Waals surface area contributed by atoms with Crippen LogP contribution in [0.4, 0.5) is 5.82 Å². The molecular formula is C29H36IN6O4S-. The number of sulfone groups is 1. The third-order valence-corrected chi connectivity index (χ3v) is 15.1. The third kappa shape index (κ3) is 5.14. The zero-order valence-electron chi connectivity index (χ0n) is 23.3. The topological polar surface area (TPSA) is 99.2 Å². The number of aryl methyl sites for hydroxylation is 1. The van der Waals surface area contributed by atoms with E-state index in [1.807, 2.05) is 0 Å². The fourth-order valence-corrected chi connectivity index (χ4v) is 14.0. The Labute approximate surface area is 252 Å². The number of ether oxygens (including phenoxy) is 1. The van der Waals surface area contributed by atoms with Crippen molar-refractivity contribution in [1.29, 1.82) is 0 Å². The summed E-state index contributed by atoms with van der Waals surface area (Å²) in [4.78, 5) is 29.2. The average molecular weight is 692 g/mol. The average Bonchev–Trinajstić information content (AvgIpc) is 3.65. The van der Waals surface area contributed by atoms with Crippen molar-refractivity contribution in [2.75, 3.05) is 41.4 Å². The van der Waals surface area contributed by atoms with Crippen LogP contribution in [0.5, 0.6) is 6.01 Å². The first-order valence-electron chi connectivity index (χ1n) is 14.4. The summed E-state index contributed by atoms with van der Waals surface area (Å²) in [5, 5.41) is 0. The van der Waals surface area contributed by atoms with Crippen molar-refractivity contribution in [2.45, 2.75) is 60.9 Å². The summed E-state index contributed by atoms with van der Waals surface area (Å²) >= 11 is -0.890. The van der Waals surface area contributed by atoms with Crippen LogP contribution in [0, 0.1) is 0 Å². The molecule has 4 fully saturated rings. The molecule has 0 N–H and O–H groups in total. The monoisotopic (exact) mass is 691 g/mol. The summed E-state index contributed by atoms with van der Waals surface area (Å²) in [6, 6.07) is 9.39. The van der Waals surface area contributed by atoms with Gasteiger partial charge >= 0.3 is 253 Å². The predicted octanol–water partition coefficient (Wildman–Crippen LogP) is -1.09. The molecule has 2 aromatic rings. The first-order chi connectivity index (χ1) is 19.8. The minimum atomic E-state index is -3.31. The molecule has 0 radical (unpaired) electrons. The number of likely N-dealkylation sites (tertiary alicyclic amines) is 1. The van der Waals surface area contributed by atoms with E-state index in [1.54, 1.807) is 4.90 Å². The Kier molecular flexibility index (Phi) is 7.23. The van der Waals surface area contributed by atoms with Gasteiger partial charge in [-0.3, -0.25) is 0 Å². The molecule has 3 unspecified atom stereocenters. The summed E-state index contributed by atoms with van der Waals surface area (Å²) in [7, 11) is -1.19. The van der Waals surface area contributed by atoms with Crippen LogP contribution >= 0.6 is 0 Å². The number of hydrogen-bond donors (Lipinski definition) is 0. The van der Waals surface area contributed by atoms with Gasteiger partial charge < -0.3 is 0 Å². The Morgan fingerprint density at radius 2 is 2.05 bits per heavy atom. The first-order valence-corrected chi connectivity index (χ1v) is 18.4. The van der Waals surface area contributed by atoms with Crippen LogP contribution in [0.25, 0.3) is 0 Å². The van der Waals surface area contributed by atoms with Crippen molar-refractivity contribution in [3.05, 3.63) is 59.3 Å². The van der Waals surface area contributed by atoms with Crippen molar-refractivity contribution in [3.63, 3.8) is 0 Å². The zero-order chi connectivity index (χ0) is 28.3. The number of likely N-dealkylation sites (N-methyl/N-ethyl adjacent to an activating group) is 1. The molecule has 2 bridgehead atoms. The van der Waals surface area contributed by atoms with E-state index in [9.17, 15) is 13.2 Å². The molecule has 8 rings (SSSR count). The molecule has 1 aromatic heterocycles. The number of halogens is 1. The summed E-state index contributed by atoms with van der Waals surface area (Å²) < 4.78 is 34.3. The molecule has 12 heteroatoms. The summed E-state index contributed by atoms with van der Waals surface area (Å²) in [5.41, 5.74) is 4.85. The van der Waals surface area contributed by atoms with Crippen molar-refractivity contribution in [1.82, 2.24) is 24.7 Å². The predicted molar refractivity (Wildman–Crippen MR) is 151 cm³/mol. The molecule has 0 saturated carbocycles. The number of aromatic nitrogens is 2. The number of benzene rings is 1.